The van der Waals surface area contributed by atoms with Gasteiger partial charge in [0.25, 0.3) is 5.91 Å². The van der Waals surface area contributed by atoms with Crippen LogP contribution in [0.1, 0.15) is 10.5 Å². The van der Waals surface area contributed by atoms with Crippen LogP contribution in [0, 0.1) is 0 Å². The van der Waals surface area contributed by atoms with Crippen LogP contribution in [0.4, 0.5) is 5.13 Å². The monoisotopic (exact) mass is 216 g/mol. The van der Waals surface area contributed by atoms with E-state index in [2.05, 4.69) is 9.82 Å². The average Bonchev–Trinajstić information content (AvgIpc) is 2.51. The lowest BCUT2D eigenvalue weighted by Crippen LogP contribution is -2.29. The van der Waals surface area contributed by atoms with Crippen LogP contribution in [-0.2, 0) is 9.63 Å². The van der Waals surface area contributed by atoms with Crippen molar-refractivity contribution in [3.05, 3.63) is 11.1 Å². The molecule has 14 heavy (non-hydrogen) atoms. The molecule has 0 aliphatic carbocycles. The molecule has 0 bridgehead atoms. The van der Waals surface area contributed by atoms with E-state index in [4.69, 9.17) is 11.5 Å². The van der Waals surface area contributed by atoms with Crippen molar-refractivity contribution in [1.29, 1.82) is 0 Å². The Labute approximate surface area is 83.0 Å². The summed E-state index contributed by atoms with van der Waals surface area (Å²) in [6.07, 6.45) is 0. The third kappa shape index (κ3) is 2.99. The topological polar surface area (TPSA) is 120 Å². The van der Waals surface area contributed by atoms with Crippen molar-refractivity contribution in [2.75, 3.05) is 12.3 Å². The van der Waals surface area contributed by atoms with Crippen molar-refractivity contribution in [3.8, 4) is 0 Å². The molecule has 0 saturated heterocycles. The summed E-state index contributed by atoms with van der Waals surface area (Å²) < 4.78 is 0. The highest BCUT2D eigenvalue weighted by Gasteiger charge is 2.09. The number of nitrogens with one attached hydrogen (secondary N) is 1. The van der Waals surface area contributed by atoms with E-state index in [-0.39, 0.29) is 17.4 Å². The van der Waals surface area contributed by atoms with Gasteiger partial charge in [-0.2, -0.15) is 0 Å². The van der Waals surface area contributed by atoms with Gasteiger partial charge in [0.1, 0.15) is 5.69 Å². The van der Waals surface area contributed by atoms with Gasteiger partial charge in [-0.3, -0.25) is 14.4 Å². The Morgan fingerprint density at radius 3 is 2.86 bits per heavy atom. The lowest BCUT2D eigenvalue weighted by molar-refractivity contribution is -0.124. The molecule has 0 spiro atoms. The number of thiazole rings is 1. The summed E-state index contributed by atoms with van der Waals surface area (Å²) in [6.45, 7) is -0.384. The Bertz CT molecular complexity index is 351. The highest BCUT2D eigenvalue weighted by atomic mass is 32.1. The third-order valence-corrected chi connectivity index (χ3v) is 1.81. The van der Waals surface area contributed by atoms with E-state index in [1.807, 2.05) is 5.48 Å². The zero-order valence-corrected chi connectivity index (χ0v) is 7.84. The summed E-state index contributed by atoms with van der Waals surface area (Å²) in [5.41, 5.74) is 12.2. The normalized spacial score (nSPS) is 9.71. The van der Waals surface area contributed by atoms with Crippen molar-refractivity contribution in [3.63, 3.8) is 0 Å². The van der Waals surface area contributed by atoms with Gasteiger partial charge in [0.05, 0.1) is 0 Å². The molecule has 0 atom stereocenters. The largest absolute Gasteiger partial charge is 0.375 e. The Morgan fingerprint density at radius 1 is 1.64 bits per heavy atom. The Kier molecular flexibility index (Phi) is 3.37. The van der Waals surface area contributed by atoms with Gasteiger partial charge < -0.3 is 11.5 Å². The molecule has 0 radical (unpaired) electrons. The molecule has 76 valence electrons. The molecule has 0 aliphatic rings. The number of carbonyl (C=O) groups is 2. The molecule has 1 aromatic rings. The van der Waals surface area contributed by atoms with Gasteiger partial charge in [-0.25, -0.2) is 10.5 Å². The summed E-state index contributed by atoms with van der Waals surface area (Å²) in [6, 6.07) is 0. The molecule has 1 aromatic heterocycles. The lowest BCUT2D eigenvalue weighted by Gasteiger charge is -2.00. The number of nitrogens with two attached hydrogens (primary N) is 2. The zero-order valence-electron chi connectivity index (χ0n) is 7.02. The second-order valence-electron chi connectivity index (χ2n) is 2.26. The van der Waals surface area contributed by atoms with Gasteiger partial charge >= 0.3 is 0 Å². The van der Waals surface area contributed by atoms with Crippen molar-refractivity contribution in [2.24, 2.45) is 5.73 Å². The van der Waals surface area contributed by atoms with Crippen LogP contribution in [0.3, 0.4) is 0 Å². The van der Waals surface area contributed by atoms with Crippen molar-refractivity contribution in [1.82, 2.24) is 10.5 Å². The standard InChI is InChI=1S/C6H8N4O3S/c7-4(11)1-13-10-5(12)3-2-14-6(8)9-3/h2H,1H2,(H2,7,11)(H2,8,9)(H,10,12). The smallest absolute Gasteiger partial charge is 0.294 e. The predicted octanol–water partition coefficient (Wildman–Crippen LogP) is -1.13. The summed E-state index contributed by atoms with van der Waals surface area (Å²) in [4.78, 5) is 29.5. The summed E-state index contributed by atoms with van der Waals surface area (Å²) in [5, 5.41) is 1.75. The van der Waals surface area contributed by atoms with E-state index in [0.29, 0.717) is 0 Å². The molecule has 0 aliphatic heterocycles. The number of nitrogens with zero attached hydrogens (tertiary/aromatic N) is 1. The number of rotatable bonds is 4. The molecule has 0 aromatic carbocycles. The fourth-order valence-corrected chi connectivity index (χ4v) is 1.16. The first-order valence-electron chi connectivity index (χ1n) is 3.51. The molecule has 0 fully saturated rings. The van der Waals surface area contributed by atoms with Crippen LogP contribution >= 0.6 is 11.3 Å². The maximum Gasteiger partial charge on any atom is 0.294 e. The van der Waals surface area contributed by atoms with Crippen molar-refractivity contribution in [2.45, 2.75) is 0 Å². The van der Waals surface area contributed by atoms with Crippen molar-refractivity contribution < 1.29 is 14.4 Å². The van der Waals surface area contributed by atoms with Gasteiger partial charge in [0, 0.05) is 5.38 Å². The minimum absolute atomic E-state index is 0.136. The minimum atomic E-state index is -0.678. The van der Waals surface area contributed by atoms with Gasteiger partial charge in [-0.1, -0.05) is 0 Å². The Morgan fingerprint density at radius 2 is 2.36 bits per heavy atom. The lowest BCUT2D eigenvalue weighted by atomic mass is 10.5. The predicted molar refractivity (Wildman–Crippen MR) is 49.1 cm³/mol. The molecule has 2 amide bonds. The number of primary amides is 1. The number of carbonyl (C=O) groups excluding carboxylic acids is 2. The summed E-state index contributed by atoms with van der Waals surface area (Å²) in [7, 11) is 0. The molecular formula is C6H8N4O3S. The second kappa shape index (κ2) is 4.53. The quantitative estimate of drug-likeness (QED) is 0.550. The highest BCUT2D eigenvalue weighted by molar-refractivity contribution is 7.13. The van der Waals surface area contributed by atoms with E-state index < -0.39 is 11.8 Å². The maximum atomic E-state index is 11.1. The number of aromatic nitrogens is 1. The van der Waals surface area contributed by atoms with Crippen molar-refractivity contribution >= 4 is 28.3 Å². The zero-order chi connectivity index (χ0) is 10.6. The molecule has 1 heterocycles. The van der Waals surface area contributed by atoms with Gasteiger partial charge in [-0.15, -0.1) is 11.3 Å². The molecular weight excluding hydrogens is 208 g/mol. The second-order valence-corrected chi connectivity index (χ2v) is 3.15. The summed E-state index contributed by atoms with van der Waals surface area (Å²) >= 11 is 1.13. The van der Waals surface area contributed by atoms with Crippen LogP contribution in [0.2, 0.25) is 0 Å². The van der Waals surface area contributed by atoms with E-state index in [9.17, 15) is 9.59 Å². The van der Waals surface area contributed by atoms with E-state index >= 15 is 0 Å². The van der Waals surface area contributed by atoms with Crippen LogP contribution in [0.15, 0.2) is 5.38 Å². The van der Waals surface area contributed by atoms with Gasteiger partial charge in [0.2, 0.25) is 5.91 Å². The fourth-order valence-electron chi connectivity index (χ4n) is 0.617. The number of hydroxylamine groups is 1. The Balaban J connectivity index is 2.39. The maximum absolute atomic E-state index is 11.1. The van der Waals surface area contributed by atoms with Crippen LogP contribution in [0.25, 0.3) is 0 Å². The average molecular weight is 216 g/mol. The molecule has 5 N–H and O–H groups in total. The van der Waals surface area contributed by atoms with Gasteiger partial charge in [0.15, 0.2) is 11.7 Å². The first-order chi connectivity index (χ1) is 6.59. The molecule has 0 unspecified atom stereocenters. The number of hydrogen-bond donors (Lipinski definition) is 3. The number of amides is 2. The SMILES string of the molecule is NC(=O)CONC(=O)c1csc(N)n1. The molecule has 7 nitrogen and oxygen atoms in total. The highest BCUT2D eigenvalue weighted by Crippen LogP contribution is 2.10. The first kappa shape index (κ1) is 10.4. The number of hydrogen-bond acceptors (Lipinski definition) is 6. The van der Waals surface area contributed by atoms with E-state index in [1.165, 1.54) is 5.38 Å². The Hall–Kier alpha value is -1.67. The number of nitrogen functional groups attached to an aromatic ring is 1. The van der Waals surface area contributed by atoms with Crippen LogP contribution in [-0.4, -0.2) is 23.4 Å². The van der Waals surface area contributed by atoms with Gasteiger partial charge in [-0.05, 0) is 0 Å². The van der Waals surface area contributed by atoms with E-state index in [1.54, 1.807) is 0 Å². The first-order valence-corrected chi connectivity index (χ1v) is 4.39. The number of anilines is 1. The fraction of sp³-hybridized carbons (Fsp3) is 0.167. The van der Waals surface area contributed by atoms with E-state index in [0.717, 1.165) is 11.3 Å². The summed E-state index contributed by atoms with van der Waals surface area (Å²) in [5.74, 6) is -1.25. The van der Waals surface area contributed by atoms with Crippen LogP contribution < -0.4 is 16.9 Å². The third-order valence-electron chi connectivity index (χ3n) is 1.13. The minimum Gasteiger partial charge on any atom is -0.375 e. The molecule has 8 heteroatoms. The molecule has 1 rings (SSSR count). The van der Waals surface area contributed by atoms with Crippen LogP contribution in [0.5, 0.6) is 0 Å². The molecule has 0 saturated carbocycles.